The van der Waals surface area contributed by atoms with Gasteiger partial charge in [-0.05, 0) is 11.8 Å². The van der Waals surface area contributed by atoms with E-state index in [4.69, 9.17) is 4.74 Å². The van der Waals surface area contributed by atoms with Crippen molar-refractivity contribution in [2.24, 2.45) is 5.41 Å². The molecule has 0 rings (SSSR count). The molecule has 16 heavy (non-hydrogen) atoms. The van der Waals surface area contributed by atoms with Crippen LogP contribution in [0.3, 0.4) is 0 Å². The summed E-state index contributed by atoms with van der Waals surface area (Å²) in [6.07, 6.45) is 0.719. The minimum Gasteiger partial charge on any atom is -0.383 e. The largest absolute Gasteiger partial charge is 0.383 e. The van der Waals surface area contributed by atoms with Crippen LogP contribution in [0.2, 0.25) is 0 Å². The first kappa shape index (κ1) is 16.4. The predicted molar refractivity (Wildman–Crippen MR) is 70.5 cm³/mol. The molecule has 0 aromatic carbocycles. The zero-order valence-electron chi connectivity index (χ0n) is 10.4. The fraction of sp³-hybridized carbons (Fsp3) is 1.00. The number of hydrogen-bond donors (Lipinski definition) is 1. The van der Waals surface area contributed by atoms with Crippen LogP contribution in [-0.4, -0.2) is 39.3 Å². The molecule has 0 bridgehead atoms. The Labute approximate surface area is 107 Å². The van der Waals surface area contributed by atoms with Gasteiger partial charge in [0.15, 0.2) is 0 Å². The third-order valence-corrected chi connectivity index (χ3v) is 4.19. The molecular formula is C10H22BrNO3S. The number of methoxy groups -OCH3 is 1. The fourth-order valence-electron chi connectivity index (χ4n) is 1.37. The van der Waals surface area contributed by atoms with Gasteiger partial charge in [0.25, 0.3) is 0 Å². The van der Waals surface area contributed by atoms with Gasteiger partial charge in [-0.2, -0.15) is 0 Å². The number of ether oxygens (including phenoxy) is 1. The maximum atomic E-state index is 11.8. The summed E-state index contributed by atoms with van der Waals surface area (Å²) in [5.41, 5.74) is -0.238. The fourth-order valence-corrected chi connectivity index (χ4v) is 3.84. The Kier molecular flexibility index (Phi) is 7.09. The summed E-state index contributed by atoms with van der Waals surface area (Å²) in [5, 5.41) is 0.749. The van der Waals surface area contributed by atoms with Crippen LogP contribution in [0.1, 0.15) is 27.2 Å². The molecule has 0 radical (unpaired) electrons. The molecular weight excluding hydrogens is 294 g/mol. The summed E-state index contributed by atoms with van der Waals surface area (Å²) in [6.45, 7) is 6.11. The third-order valence-electron chi connectivity index (χ3n) is 1.79. The van der Waals surface area contributed by atoms with E-state index in [2.05, 4.69) is 20.7 Å². The maximum Gasteiger partial charge on any atom is 0.212 e. The lowest BCUT2D eigenvalue weighted by molar-refractivity contribution is 0.173. The van der Waals surface area contributed by atoms with E-state index in [1.165, 1.54) is 0 Å². The van der Waals surface area contributed by atoms with Crippen LogP contribution >= 0.6 is 15.9 Å². The van der Waals surface area contributed by atoms with E-state index in [0.29, 0.717) is 6.61 Å². The predicted octanol–water partition coefficient (Wildman–Crippen LogP) is 1.75. The Hall–Kier alpha value is 0.350. The van der Waals surface area contributed by atoms with Crippen LogP contribution in [0.15, 0.2) is 0 Å². The van der Waals surface area contributed by atoms with Crippen molar-refractivity contribution in [3.8, 4) is 0 Å². The summed E-state index contributed by atoms with van der Waals surface area (Å²) in [5.74, 6) is 0.127. The second kappa shape index (κ2) is 6.93. The lowest BCUT2D eigenvalue weighted by Gasteiger charge is -2.22. The molecule has 0 saturated carbocycles. The van der Waals surface area contributed by atoms with E-state index in [1.54, 1.807) is 7.11 Å². The van der Waals surface area contributed by atoms with Crippen molar-refractivity contribution in [2.45, 2.75) is 33.2 Å². The number of sulfonamides is 1. The van der Waals surface area contributed by atoms with Crippen LogP contribution in [0.25, 0.3) is 0 Å². The minimum atomic E-state index is -3.23. The van der Waals surface area contributed by atoms with E-state index >= 15 is 0 Å². The Balaban J connectivity index is 4.41. The zero-order chi connectivity index (χ0) is 12.8. The number of alkyl halides is 1. The van der Waals surface area contributed by atoms with Crippen LogP contribution in [0.4, 0.5) is 0 Å². The molecule has 0 spiro atoms. The van der Waals surface area contributed by atoms with Gasteiger partial charge in [-0.3, -0.25) is 0 Å². The van der Waals surface area contributed by atoms with Gasteiger partial charge in [-0.25, -0.2) is 13.1 Å². The Bertz CT molecular complexity index is 279. The summed E-state index contributed by atoms with van der Waals surface area (Å²) in [6, 6.07) is -0.156. The topological polar surface area (TPSA) is 55.4 Å². The SMILES string of the molecule is COCC(CCBr)NS(=O)(=O)CC(C)(C)C. The molecule has 1 atom stereocenters. The second-order valence-corrected chi connectivity index (χ2v) is 7.61. The van der Waals surface area contributed by atoms with Crippen molar-refractivity contribution in [1.29, 1.82) is 0 Å². The van der Waals surface area contributed by atoms with Gasteiger partial charge in [0.05, 0.1) is 12.4 Å². The molecule has 0 fully saturated rings. The average molecular weight is 316 g/mol. The Morgan fingerprint density at radius 1 is 1.38 bits per heavy atom. The molecule has 1 N–H and O–H groups in total. The van der Waals surface area contributed by atoms with Crippen LogP contribution in [-0.2, 0) is 14.8 Å². The van der Waals surface area contributed by atoms with Crippen LogP contribution in [0, 0.1) is 5.41 Å². The highest BCUT2D eigenvalue weighted by Gasteiger charge is 2.24. The van der Waals surface area contributed by atoms with Gasteiger partial charge in [-0.15, -0.1) is 0 Å². The van der Waals surface area contributed by atoms with Crippen molar-refractivity contribution in [1.82, 2.24) is 4.72 Å². The average Bonchev–Trinajstić information content (AvgIpc) is 1.98. The molecule has 1 unspecified atom stereocenters. The van der Waals surface area contributed by atoms with E-state index in [1.807, 2.05) is 20.8 Å². The molecule has 0 aliphatic rings. The molecule has 0 aliphatic heterocycles. The summed E-state index contributed by atoms with van der Waals surface area (Å²) in [7, 11) is -1.66. The first-order chi connectivity index (χ1) is 7.20. The van der Waals surface area contributed by atoms with Crippen molar-refractivity contribution in [3.63, 3.8) is 0 Å². The molecule has 0 aromatic heterocycles. The van der Waals surface area contributed by atoms with Crippen LogP contribution in [0.5, 0.6) is 0 Å². The van der Waals surface area contributed by atoms with Gasteiger partial charge in [-0.1, -0.05) is 36.7 Å². The zero-order valence-corrected chi connectivity index (χ0v) is 12.8. The number of hydrogen-bond acceptors (Lipinski definition) is 3. The summed E-state index contributed by atoms with van der Waals surface area (Å²) < 4.78 is 31.3. The smallest absolute Gasteiger partial charge is 0.212 e. The van der Waals surface area contributed by atoms with Gasteiger partial charge >= 0.3 is 0 Å². The number of rotatable bonds is 7. The summed E-state index contributed by atoms with van der Waals surface area (Å²) in [4.78, 5) is 0. The first-order valence-electron chi connectivity index (χ1n) is 5.25. The quantitative estimate of drug-likeness (QED) is 0.728. The second-order valence-electron chi connectivity index (χ2n) is 5.07. The third kappa shape index (κ3) is 8.50. The highest BCUT2D eigenvalue weighted by molar-refractivity contribution is 9.09. The molecule has 6 heteroatoms. The highest BCUT2D eigenvalue weighted by Crippen LogP contribution is 2.15. The lowest BCUT2D eigenvalue weighted by atomic mass is 10.0. The van der Waals surface area contributed by atoms with Crippen molar-refractivity contribution in [2.75, 3.05) is 24.8 Å². The van der Waals surface area contributed by atoms with E-state index in [9.17, 15) is 8.42 Å². The lowest BCUT2D eigenvalue weighted by Crippen LogP contribution is -2.41. The van der Waals surface area contributed by atoms with Crippen LogP contribution < -0.4 is 4.72 Å². The first-order valence-corrected chi connectivity index (χ1v) is 8.02. The number of nitrogens with one attached hydrogen (secondary N) is 1. The summed E-state index contributed by atoms with van der Waals surface area (Å²) >= 11 is 3.30. The molecule has 0 saturated heterocycles. The Morgan fingerprint density at radius 3 is 2.31 bits per heavy atom. The van der Waals surface area contributed by atoms with Gasteiger partial charge in [0, 0.05) is 18.5 Å². The molecule has 98 valence electrons. The van der Waals surface area contributed by atoms with Crippen molar-refractivity contribution >= 4 is 26.0 Å². The normalized spacial score (nSPS) is 15.1. The monoisotopic (exact) mass is 315 g/mol. The molecule has 0 aliphatic carbocycles. The number of halogens is 1. The standard InChI is InChI=1S/C10H22BrNO3S/c1-10(2,3)8-16(13,14)12-9(5-6-11)7-15-4/h9,12H,5-8H2,1-4H3. The molecule has 4 nitrogen and oxygen atoms in total. The Morgan fingerprint density at radius 2 is 1.94 bits per heavy atom. The molecule has 0 aromatic rings. The van der Waals surface area contributed by atoms with Gasteiger partial charge in [0.1, 0.15) is 0 Å². The molecule has 0 heterocycles. The minimum absolute atomic E-state index is 0.127. The van der Waals surface area contributed by atoms with Gasteiger partial charge < -0.3 is 4.74 Å². The van der Waals surface area contributed by atoms with E-state index in [0.717, 1.165) is 11.8 Å². The molecule has 0 amide bonds. The highest BCUT2D eigenvalue weighted by atomic mass is 79.9. The van der Waals surface area contributed by atoms with Crippen molar-refractivity contribution < 1.29 is 13.2 Å². The van der Waals surface area contributed by atoms with Gasteiger partial charge in [0.2, 0.25) is 10.0 Å². The maximum absolute atomic E-state index is 11.8. The van der Waals surface area contributed by atoms with Crippen molar-refractivity contribution in [3.05, 3.63) is 0 Å². The van der Waals surface area contributed by atoms with E-state index in [-0.39, 0.29) is 17.2 Å². The van der Waals surface area contributed by atoms with E-state index < -0.39 is 10.0 Å².